The van der Waals surface area contributed by atoms with Crippen LogP contribution in [-0.2, 0) is 26.9 Å². The largest absolute Gasteiger partial charge is 0.477 e. The maximum Gasteiger partial charge on any atom is 0.341 e. The Labute approximate surface area is 286 Å². The van der Waals surface area contributed by atoms with Gasteiger partial charge in [0.05, 0.1) is 23.8 Å². The first-order valence-electron chi connectivity index (χ1n) is 15.9. The number of nitrogens with one attached hydrogen (secondary N) is 2. The number of anilines is 2. The first-order chi connectivity index (χ1) is 24.1. The number of aryl methyl sites for hydroxylation is 4. The second kappa shape index (κ2) is 15.3. The maximum absolute atomic E-state index is 11.7. The lowest BCUT2D eigenvalue weighted by Crippen LogP contribution is -2.09. The maximum atomic E-state index is 11.7. The van der Waals surface area contributed by atoms with Gasteiger partial charge in [0.2, 0.25) is 0 Å². The van der Waals surface area contributed by atoms with E-state index in [9.17, 15) is 19.8 Å². The number of nitrogens with zero attached hydrogens (tertiary/aromatic N) is 14. The van der Waals surface area contributed by atoms with E-state index in [4.69, 9.17) is 10.2 Å². The fraction of sp³-hybridized carbons (Fsp3) is 0.400. The van der Waals surface area contributed by atoms with Gasteiger partial charge in [0.1, 0.15) is 17.5 Å². The molecule has 0 saturated heterocycles. The highest BCUT2D eigenvalue weighted by atomic mass is 16.4. The average Bonchev–Trinajstić information content (AvgIpc) is 3.86. The van der Waals surface area contributed by atoms with Gasteiger partial charge >= 0.3 is 11.9 Å². The van der Waals surface area contributed by atoms with Crippen LogP contribution in [0.25, 0.3) is 11.6 Å². The Balaban J connectivity index is 1.61. The Morgan fingerprint density at radius 1 is 0.720 bits per heavy atom. The zero-order valence-corrected chi connectivity index (χ0v) is 28.5. The molecular formula is C30H38N16O4. The molecule has 0 radical (unpaired) electrons. The molecule has 0 unspecified atom stereocenters. The summed E-state index contributed by atoms with van der Waals surface area (Å²) in [4.78, 5) is 32.5. The van der Waals surface area contributed by atoms with Crippen molar-refractivity contribution in [2.45, 2.75) is 52.4 Å². The smallest absolute Gasteiger partial charge is 0.341 e. The van der Waals surface area contributed by atoms with Crippen LogP contribution in [0, 0.1) is 0 Å². The van der Waals surface area contributed by atoms with Crippen molar-refractivity contribution in [1.82, 2.24) is 49.1 Å². The third-order valence-corrected chi connectivity index (χ3v) is 7.71. The summed E-state index contributed by atoms with van der Waals surface area (Å²) in [5.41, 5.74) is 1.96. The van der Waals surface area contributed by atoms with Gasteiger partial charge in [-0.1, -0.05) is 26.7 Å². The fourth-order valence-electron chi connectivity index (χ4n) is 5.09. The van der Waals surface area contributed by atoms with Gasteiger partial charge in [-0.15, -0.1) is 20.5 Å². The Morgan fingerprint density at radius 3 is 1.50 bits per heavy atom. The highest BCUT2D eigenvalue weighted by Gasteiger charge is 2.24. The fourth-order valence-corrected chi connectivity index (χ4v) is 5.09. The summed E-state index contributed by atoms with van der Waals surface area (Å²) in [6, 6.07) is 1.70. The second-order valence-corrected chi connectivity index (χ2v) is 11.1. The number of hydrogen-bond acceptors (Lipinski definition) is 14. The Hall–Kier alpha value is -6.34. The minimum absolute atomic E-state index is 0.0791. The van der Waals surface area contributed by atoms with Gasteiger partial charge in [0.25, 0.3) is 0 Å². The van der Waals surface area contributed by atoms with Gasteiger partial charge in [0, 0.05) is 34.3 Å². The van der Waals surface area contributed by atoms with Crippen molar-refractivity contribution in [2.75, 3.05) is 24.7 Å². The topological polar surface area (TPSA) is 245 Å². The average molecular weight is 687 g/mol. The predicted molar refractivity (Wildman–Crippen MR) is 181 cm³/mol. The van der Waals surface area contributed by atoms with Crippen LogP contribution in [0.4, 0.5) is 34.6 Å². The van der Waals surface area contributed by atoms with E-state index < -0.39 is 11.9 Å². The SMILES string of the molecule is CCCCc1nn(-c2cc(-n3nc(CCCC)c(N=Nc4c(C(=O)O)cnn4C)c3NC)ncn2)c(NC)c1N=Nc1c(C(=O)O)cnn1C. The number of azo groups is 2. The molecule has 20 nitrogen and oxygen atoms in total. The van der Waals surface area contributed by atoms with Crippen LogP contribution < -0.4 is 10.6 Å². The summed E-state index contributed by atoms with van der Waals surface area (Å²) in [5, 5.41) is 60.6. The molecule has 5 rings (SSSR count). The molecule has 5 aromatic rings. The molecule has 0 fully saturated rings. The van der Waals surface area contributed by atoms with E-state index in [1.807, 2.05) is 0 Å². The monoisotopic (exact) mass is 686 g/mol. The molecule has 262 valence electrons. The van der Waals surface area contributed by atoms with Gasteiger partial charge in [0.15, 0.2) is 46.3 Å². The van der Waals surface area contributed by atoms with Crippen molar-refractivity contribution in [2.24, 2.45) is 34.6 Å². The number of carboxylic acids is 2. The molecule has 0 saturated carbocycles. The number of aromatic carboxylic acids is 2. The molecule has 20 heteroatoms. The van der Waals surface area contributed by atoms with E-state index in [1.165, 1.54) is 28.1 Å². The lowest BCUT2D eigenvalue weighted by atomic mass is 10.2. The third-order valence-electron chi connectivity index (χ3n) is 7.71. The number of aromatic nitrogens is 10. The van der Waals surface area contributed by atoms with Gasteiger partial charge in [-0.25, -0.2) is 28.9 Å². The summed E-state index contributed by atoms with van der Waals surface area (Å²) in [6.45, 7) is 4.13. The van der Waals surface area contributed by atoms with E-state index in [0.29, 0.717) is 58.9 Å². The van der Waals surface area contributed by atoms with E-state index >= 15 is 0 Å². The molecule has 0 spiro atoms. The molecule has 0 aliphatic heterocycles. The normalized spacial score (nSPS) is 11.6. The summed E-state index contributed by atoms with van der Waals surface area (Å²) >= 11 is 0. The molecule has 0 aliphatic carbocycles. The molecule has 0 bridgehead atoms. The number of carbonyl (C=O) groups is 2. The van der Waals surface area contributed by atoms with Crippen LogP contribution >= 0.6 is 0 Å². The Bertz CT molecular complexity index is 1930. The molecule has 4 N–H and O–H groups in total. The van der Waals surface area contributed by atoms with Crippen LogP contribution in [0.3, 0.4) is 0 Å². The highest BCUT2D eigenvalue weighted by Crippen LogP contribution is 2.36. The summed E-state index contributed by atoms with van der Waals surface area (Å²) < 4.78 is 5.85. The third kappa shape index (κ3) is 6.93. The van der Waals surface area contributed by atoms with Gasteiger partial charge in [-0.2, -0.15) is 29.8 Å². The predicted octanol–water partition coefficient (Wildman–Crippen LogP) is 5.31. The van der Waals surface area contributed by atoms with Crippen molar-refractivity contribution in [1.29, 1.82) is 0 Å². The number of rotatable bonds is 16. The lowest BCUT2D eigenvalue weighted by Gasteiger charge is -2.09. The second-order valence-electron chi connectivity index (χ2n) is 11.1. The summed E-state index contributed by atoms with van der Waals surface area (Å²) in [7, 11) is 6.61. The molecule has 50 heavy (non-hydrogen) atoms. The molecule has 0 amide bonds. The molecule has 0 aromatic carbocycles. The summed E-state index contributed by atoms with van der Waals surface area (Å²) in [6.07, 6.45) is 8.47. The van der Waals surface area contributed by atoms with Crippen LogP contribution in [0.5, 0.6) is 0 Å². The van der Waals surface area contributed by atoms with Crippen molar-refractivity contribution in [3.63, 3.8) is 0 Å². The van der Waals surface area contributed by atoms with Crippen LogP contribution in [0.2, 0.25) is 0 Å². The molecule has 0 atom stereocenters. The summed E-state index contributed by atoms with van der Waals surface area (Å²) in [5.74, 6) is -0.427. The van der Waals surface area contributed by atoms with E-state index in [1.54, 1.807) is 43.6 Å². The molecule has 5 heterocycles. The van der Waals surface area contributed by atoms with Crippen molar-refractivity contribution < 1.29 is 19.8 Å². The van der Waals surface area contributed by atoms with Gasteiger partial charge in [-0.3, -0.25) is 0 Å². The van der Waals surface area contributed by atoms with E-state index in [0.717, 1.165) is 25.7 Å². The number of unbranched alkanes of at least 4 members (excludes halogenated alkanes) is 2. The van der Waals surface area contributed by atoms with Crippen molar-refractivity contribution in [3.8, 4) is 11.6 Å². The number of hydrogen-bond donors (Lipinski definition) is 4. The number of carboxylic acid groups (broad SMARTS) is 2. The van der Waals surface area contributed by atoms with Gasteiger partial charge < -0.3 is 20.8 Å². The molecular weight excluding hydrogens is 648 g/mol. The van der Waals surface area contributed by atoms with Crippen LogP contribution in [0.1, 0.15) is 71.6 Å². The van der Waals surface area contributed by atoms with Crippen molar-refractivity contribution in [3.05, 3.63) is 47.3 Å². The molecule has 5 aromatic heterocycles. The van der Waals surface area contributed by atoms with Crippen LogP contribution in [-0.4, -0.2) is 85.3 Å². The highest BCUT2D eigenvalue weighted by molar-refractivity contribution is 5.92. The Kier molecular flexibility index (Phi) is 10.7. The standard InChI is InChI=1S/C30H38N16O4/c1-7-9-11-19-23(37-39-25-17(29(47)48)14-35-43(25)5)27(31-3)45(41-19)21-13-22(34-16-33-21)46-28(32-4)24(20(42-46)12-10-8-2)38-40-26-18(30(49)50)15-36-44(26)6/h13-16,31-32H,7-12H2,1-6H3,(H,47,48)(H,49,50). The van der Waals surface area contributed by atoms with E-state index in [-0.39, 0.29) is 22.8 Å². The van der Waals surface area contributed by atoms with E-state index in [2.05, 4.69) is 65.1 Å². The zero-order chi connectivity index (χ0) is 35.9. The van der Waals surface area contributed by atoms with Crippen molar-refractivity contribution >= 4 is 46.6 Å². The quantitative estimate of drug-likeness (QED) is 0.0965. The zero-order valence-electron chi connectivity index (χ0n) is 28.5. The minimum atomic E-state index is -1.17. The van der Waals surface area contributed by atoms with Crippen LogP contribution in [0.15, 0.2) is 45.2 Å². The lowest BCUT2D eigenvalue weighted by molar-refractivity contribution is 0.0686. The Morgan fingerprint density at radius 2 is 1.14 bits per heavy atom. The minimum Gasteiger partial charge on any atom is -0.477 e. The molecule has 0 aliphatic rings. The first-order valence-corrected chi connectivity index (χ1v) is 15.9. The first kappa shape index (κ1) is 35.0. The van der Waals surface area contributed by atoms with Gasteiger partial charge in [-0.05, 0) is 25.7 Å².